The van der Waals surface area contributed by atoms with Crippen LogP contribution in [0.15, 0.2) is 42.5 Å². The van der Waals surface area contributed by atoms with E-state index in [0.717, 1.165) is 18.4 Å². The SMILES string of the molecule is COCCN1Cc2cc(C(=O)N[C@@H]3CCc4ccccc43)ccc2OCC1=O. The normalized spacial score (nSPS) is 18.1. The minimum atomic E-state index is -0.108. The van der Waals surface area contributed by atoms with E-state index in [2.05, 4.69) is 17.4 Å². The number of hydrogen-bond donors (Lipinski definition) is 1. The first-order valence-electron chi connectivity index (χ1n) is 9.57. The van der Waals surface area contributed by atoms with E-state index in [1.54, 1.807) is 24.1 Å². The second kappa shape index (κ2) is 8.02. The molecule has 0 saturated heterocycles. The Morgan fingerprint density at radius 2 is 2.11 bits per heavy atom. The highest BCUT2D eigenvalue weighted by Crippen LogP contribution is 2.31. The number of carbonyl (C=O) groups excluding carboxylic acids is 2. The molecule has 6 nitrogen and oxygen atoms in total. The van der Waals surface area contributed by atoms with Crippen molar-refractivity contribution in [1.29, 1.82) is 0 Å². The molecule has 0 aromatic heterocycles. The van der Waals surface area contributed by atoms with Crippen LogP contribution in [0.5, 0.6) is 5.75 Å². The van der Waals surface area contributed by atoms with Crippen molar-refractivity contribution in [2.24, 2.45) is 0 Å². The van der Waals surface area contributed by atoms with Crippen LogP contribution in [0, 0.1) is 0 Å². The Hall–Kier alpha value is -2.86. The Morgan fingerprint density at radius 3 is 2.96 bits per heavy atom. The summed E-state index contributed by atoms with van der Waals surface area (Å²) >= 11 is 0. The molecule has 6 heteroatoms. The summed E-state index contributed by atoms with van der Waals surface area (Å²) in [4.78, 5) is 26.8. The Balaban J connectivity index is 1.51. The van der Waals surface area contributed by atoms with E-state index in [0.29, 0.717) is 31.0 Å². The predicted molar refractivity (Wildman–Crippen MR) is 104 cm³/mol. The predicted octanol–water partition coefficient (Wildman–Crippen LogP) is 2.47. The van der Waals surface area contributed by atoms with Crippen LogP contribution in [0.3, 0.4) is 0 Å². The highest BCUT2D eigenvalue weighted by Gasteiger charge is 2.25. The first-order chi connectivity index (χ1) is 13.7. The topological polar surface area (TPSA) is 67.9 Å². The largest absolute Gasteiger partial charge is 0.483 e. The van der Waals surface area contributed by atoms with Gasteiger partial charge in [-0.25, -0.2) is 0 Å². The van der Waals surface area contributed by atoms with Gasteiger partial charge in [0.05, 0.1) is 12.6 Å². The number of rotatable bonds is 5. The van der Waals surface area contributed by atoms with E-state index in [1.165, 1.54) is 11.1 Å². The number of methoxy groups -OCH3 is 1. The van der Waals surface area contributed by atoms with Gasteiger partial charge in [-0.2, -0.15) is 0 Å². The first kappa shape index (κ1) is 18.5. The molecule has 0 saturated carbocycles. The van der Waals surface area contributed by atoms with Crippen molar-refractivity contribution in [2.75, 3.05) is 26.9 Å². The lowest BCUT2D eigenvalue weighted by molar-refractivity contribution is -0.133. The fourth-order valence-corrected chi connectivity index (χ4v) is 3.86. The van der Waals surface area contributed by atoms with Crippen molar-refractivity contribution in [3.05, 3.63) is 64.7 Å². The molecule has 1 N–H and O–H groups in total. The standard InChI is InChI=1S/C22H24N2O4/c1-27-11-10-24-13-17-12-16(7-9-20(17)28-14-21(24)25)22(26)23-19-8-6-15-4-2-3-5-18(15)19/h2-5,7,9,12,19H,6,8,10-11,13-14H2,1H3,(H,23,26)/t19-/m1/s1. The van der Waals surface area contributed by atoms with Gasteiger partial charge in [0.25, 0.3) is 11.8 Å². The number of amides is 2. The number of fused-ring (bicyclic) bond motifs is 2. The minimum absolute atomic E-state index is 0.00111. The molecular formula is C22H24N2O4. The Labute approximate surface area is 164 Å². The fourth-order valence-electron chi connectivity index (χ4n) is 3.86. The molecule has 1 atom stereocenters. The smallest absolute Gasteiger partial charge is 0.260 e. The lowest BCUT2D eigenvalue weighted by Gasteiger charge is -2.19. The molecule has 0 radical (unpaired) electrons. The molecule has 2 aromatic carbocycles. The van der Waals surface area contributed by atoms with Crippen molar-refractivity contribution in [3.63, 3.8) is 0 Å². The Kier molecular flexibility index (Phi) is 5.30. The molecule has 0 fully saturated rings. The quantitative estimate of drug-likeness (QED) is 0.865. The van der Waals surface area contributed by atoms with Gasteiger partial charge in [-0.15, -0.1) is 0 Å². The highest BCUT2D eigenvalue weighted by molar-refractivity contribution is 5.95. The Bertz CT molecular complexity index is 896. The van der Waals surface area contributed by atoms with E-state index < -0.39 is 0 Å². The monoisotopic (exact) mass is 380 g/mol. The van der Waals surface area contributed by atoms with Crippen LogP contribution in [0.25, 0.3) is 0 Å². The molecule has 146 valence electrons. The zero-order chi connectivity index (χ0) is 19.5. The maximum atomic E-state index is 12.8. The zero-order valence-electron chi connectivity index (χ0n) is 15.9. The summed E-state index contributed by atoms with van der Waals surface area (Å²) in [5.74, 6) is 0.460. The molecule has 2 aliphatic rings. The maximum absolute atomic E-state index is 12.8. The maximum Gasteiger partial charge on any atom is 0.260 e. The summed E-state index contributed by atoms with van der Waals surface area (Å²) in [5.41, 5.74) is 3.91. The van der Waals surface area contributed by atoms with Crippen molar-refractivity contribution < 1.29 is 19.1 Å². The number of nitrogens with one attached hydrogen (secondary N) is 1. The summed E-state index contributed by atoms with van der Waals surface area (Å²) < 4.78 is 10.7. The molecule has 2 aromatic rings. The summed E-state index contributed by atoms with van der Waals surface area (Å²) in [6.07, 6.45) is 1.90. The summed E-state index contributed by atoms with van der Waals surface area (Å²) in [7, 11) is 1.61. The highest BCUT2D eigenvalue weighted by atomic mass is 16.5. The second-order valence-electron chi connectivity index (χ2n) is 7.18. The number of carbonyl (C=O) groups is 2. The van der Waals surface area contributed by atoms with Gasteiger partial charge in [-0.1, -0.05) is 24.3 Å². The van der Waals surface area contributed by atoms with Gasteiger partial charge in [0.2, 0.25) is 0 Å². The number of hydrogen-bond acceptors (Lipinski definition) is 4. The molecule has 0 bridgehead atoms. The summed E-state index contributed by atoms with van der Waals surface area (Å²) in [5, 5.41) is 3.15. The number of ether oxygens (including phenoxy) is 2. The van der Waals surface area contributed by atoms with E-state index in [4.69, 9.17) is 9.47 Å². The van der Waals surface area contributed by atoms with Crippen LogP contribution in [-0.4, -0.2) is 43.6 Å². The molecule has 1 aliphatic carbocycles. The lowest BCUT2D eigenvalue weighted by Crippen LogP contribution is -2.35. The fraction of sp³-hybridized carbons (Fsp3) is 0.364. The molecule has 1 heterocycles. The van der Waals surface area contributed by atoms with Gasteiger partial charge in [0.1, 0.15) is 5.75 Å². The third-order valence-corrected chi connectivity index (χ3v) is 5.39. The van der Waals surface area contributed by atoms with Crippen molar-refractivity contribution in [1.82, 2.24) is 10.2 Å². The molecule has 0 spiro atoms. The molecule has 4 rings (SSSR count). The average Bonchev–Trinajstić information content (AvgIpc) is 3.04. The molecule has 1 aliphatic heterocycles. The van der Waals surface area contributed by atoms with Crippen LogP contribution in [0.2, 0.25) is 0 Å². The summed E-state index contributed by atoms with van der Waals surface area (Å²) in [6, 6.07) is 13.6. The van der Waals surface area contributed by atoms with E-state index in [-0.39, 0.29) is 24.5 Å². The van der Waals surface area contributed by atoms with Crippen LogP contribution in [0.4, 0.5) is 0 Å². The number of aryl methyl sites for hydroxylation is 1. The lowest BCUT2D eigenvalue weighted by atomic mass is 10.1. The van der Waals surface area contributed by atoms with Crippen LogP contribution >= 0.6 is 0 Å². The van der Waals surface area contributed by atoms with Crippen LogP contribution in [-0.2, 0) is 22.5 Å². The van der Waals surface area contributed by atoms with Gasteiger partial charge < -0.3 is 19.7 Å². The molecule has 2 amide bonds. The van der Waals surface area contributed by atoms with Gasteiger partial charge >= 0.3 is 0 Å². The zero-order valence-corrected chi connectivity index (χ0v) is 15.9. The van der Waals surface area contributed by atoms with Crippen molar-refractivity contribution >= 4 is 11.8 Å². The van der Waals surface area contributed by atoms with Crippen LogP contribution in [0.1, 0.15) is 39.5 Å². The van der Waals surface area contributed by atoms with Gasteiger partial charge in [-0.3, -0.25) is 9.59 Å². The van der Waals surface area contributed by atoms with Gasteiger partial charge in [0.15, 0.2) is 6.61 Å². The third-order valence-electron chi connectivity index (χ3n) is 5.39. The van der Waals surface area contributed by atoms with E-state index >= 15 is 0 Å². The van der Waals surface area contributed by atoms with Crippen LogP contribution < -0.4 is 10.1 Å². The molecule has 0 unspecified atom stereocenters. The number of nitrogens with zero attached hydrogens (tertiary/aromatic N) is 1. The summed E-state index contributed by atoms with van der Waals surface area (Å²) in [6.45, 7) is 1.36. The second-order valence-corrected chi connectivity index (χ2v) is 7.18. The van der Waals surface area contributed by atoms with Gasteiger partial charge in [-0.05, 0) is 42.2 Å². The third kappa shape index (κ3) is 3.73. The molecule has 28 heavy (non-hydrogen) atoms. The first-order valence-corrected chi connectivity index (χ1v) is 9.57. The van der Waals surface area contributed by atoms with E-state index in [9.17, 15) is 9.59 Å². The van der Waals surface area contributed by atoms with Crippen molar-refractivity contribution in [3.8, 4) is 5.75 Å². The minimum Gasteiger partial charge on any atom is -0.483 e. The van der Waals surface area contributed by atoms with E-state index in [1.807, 2.05) is 18.2 Å². The Morgan fingerprint density at radius 1 is 1.25 bits per heavy atom. The number of benzene rings is 2. The average molecular weight is 380 g/mol. The molecular weight excluding hydrogens is 356 g/mol. The van der Waals surface area contributed by atoms with Crippen molar-refractivity contribution in [2.45, 2.75) is 25.4 Å². The van der Waals surface area contributed by atoms with Gasteiger partial charge in [0, 0.05) is 31.3 Å².